The minimum absolute atomic E-state index is 0.0576. The van der Waals surface area contributed by atoms with E-state index in [1.54, 1.807) is 14.0 Å². The summed E-state index contributed by atoms with van der Waals surface area (Å²) >= 11 is 0. The Hall–Kier alpha value is -3.45. The van der Waals surface area contributed by atoms with E-state index in [-0.39, 0.29) is 24.1 Å². The molecule has 1 amide bonds. The first-order chi connectivity index (χ1) is 15.9. The molecule has 0 radical (unpaired) electrons. The first-order valence-electron chi connectivity index (χ1n) is 11.2. The normalized spacial score (nSPS) is 14.4. The number of carbonyl (C=O) groups is 1. The largest absolute Gasteiger partial charge is 0.497 e. The molecule has 0 unspecified atom stereocenters. The summed E-state index contributed by atoms with van der Waals surface area (Å²) in [5, 5.41) is 2.98. The minimum atomic E-state index is -0.228. The first kappa shape index (κ1) is 22.7. The Morgan fingerprint density at radius 1 is 1.18 bits per heavy atom. The van der Waals surface area contributed by atoms with Gasteiger partial charge in [0.15, 0.2) is 0 Å². The van der Waals surface area contributed by atoms with Gasteiger partial charge in [0.05, 0.1) is 24.4 Å². The summed E-state index contributed by atoms with van der Waals surface area (Å²) in [5.74, 6) is 1.08. The van der Waals surface area contributed by atoms with Crippen LogP contribution in [0.5, 0.6) is 5.75 Å². The lowest BCUT2D eigenvalue weighted by atomic mass is 10.1. The highest BCUT2D eigenvalue weighted by Crippen LogP contribution is 2.19. The third-order valence-electron chi connectivity index (χ3n) is 6.11. The number of fused-ring (bicyclic) bond motifs is 1. The third-order valence-corrected chi connectivity index (χ3v) is 6.11. The molecule has 1 atom stereocenters. The smallest absolute Gasteiger partial charge is 0.258 e. The van der Waals surface area contributed by atoms with Crippen molar-refractivity contribution in [3.05, 3.63) is 93.2 Å². The van der Waals surface area contributed by atoms with Gasteiger partial charge in [-0.2, -0.15) is 0 Å². The molecule has 2 heterocycles. The summed E-state index contributed by atoms with van der Waals surface area (Å²) in [6, 6.07) is 17.6. The molecule has 7 heteroatoms. The number of carbonyl (C=O) groups excluding carboxylic acids is 1. The zero-order valence-corrected chi connectivity index (χ0v) is 19.4. The summed E-state index contributed by atoms with van der Waals surface area (Å²) in [5.41, 5.74) is 3.57. The third kappa shape index (κ3) is 5.31. The Morgan fingerprint density at radius 2 is 1.97 bits per heavy atom. The van der Waals surface area contributed by atoms with Crippen LogP contribution >= 0.6 is 0 Å². The van der Waals surface area contributed by atoms with Crippen molar-refractivity contribution in [2.45, 2.75) is 45.9 Å². The molecular weight excluding hydrogens is 416 g/mol. The number of amides is 1. The molecule has 1 aliphatic heterocycles. The van der Waals surface area contributed by atoms with E-state index >= 15 is 0 Å². The SMILES string of the molecule is COc1cccc([C@@H](C)NC(=O)Cn2c(C)nc3c(c2=O)CN(Cc2ccccc2)CC3)c1. The van der Waals surface area contributed by atoms with E-state index in [1.807, 2.05) is 49.4 Å². The van der Waals surface area contributed by atoms with Gasteiger partial charge < -0.3 is 10.1 Å². The van der Waals surface area contributed by atoms with Gasteiger partial charge in [0.2, 0.25) is 5.91 Å². The number of rotatable bonds is 7. The average molecular weight is 447 g/mol. The summed E-state index contributed by atoms with van der Waals surface area (Å²) < 4.78 is 6.75. The summed E-state index contributed by atoms with van der Waals surface area (Å²) in [4.78, 5) is 33.0. The number of benzene rings is 2. The van der Waals surface area contributed by atoms with Crippen LogP contribution in [-0.4, -0.2) is 34.0 Å². The predicted octanol–water partition coefficient (Wildman–Crippen LogP) is 3.00. The molecule has 0 saturated heterocycles. The monoisotopic (exact) mass is 446 g/mol. The van der Waals surface area contributed by atoms with Gasteiger partial charge in [-0.1, -0.05) is 42.5 Å². The molecule has 4 rings (SSSR count). The van der Waals surface area contributed by atoms with E-state index in [1.165, 1.54) is 10.1 Å². The topological polar surface area (TPSA) is 76.5 Å². The van der Waals surface area contributed by atoms with E-state index in [0.29, 0.717) is 17.9 Å². The van der Waals surface area contributed by atoms with Gasteiger partial charge in [-0.25, -0.2) is 4.98 Å². The van der Waals surface area contributed by atoms with Crippen molar-refractivity contribution in [3.8, 4) is 5.75 Å². The number of aryl methyl sites for hydroxylation is 1. The lowest BCUT2D eigenvalue weighted by Crippen LogP contribution is -2.41. The number of nitrogens with zero attached hydrogens (tertiary/aromatic N) is 3. The van der Waals surface area contributed by atoms with Crippen LogP contribution in [0.1, 0.15) is 41.2 Å². The van der Waals surface area contributed by atoms with Gasteiger partial charge in [0, 0.05) is 26.1 Å². The van der Waals surface area contributed by atoms with Gasteiger partial charge in [-0.15, -0.1) is 0 Å². The van der Waals surface area contributed by atoms with Crippen molar-refractivity contribution in [1.82, 2.24) is 19.8 Å². The highest BCUT2D eigenvalue weighted by atomic mass is 16.5. The number of hydrogen-bond donors (Lipinski definition) is 1. The molecule has 1 aromatic heterocycles. The van der Waals surface area contributed by atoms with Gasteiger partial charge in [0.1, 0.15) is 18.1 Å². The molecule has 7 nitrogen and oxygen atoms in total. The van der Waals surface area contributed by atoms with E-state index < -0.39 is 0 Å². The minimum Gasteiger partial charge on any atom is -0.497 e. The zero-order valence-electron chi connectivity index (χ0n) is 19.4. The molecule has 2 aromatic carbocycles. The maximum atomic E-state index is 13.3. The number of nitrogens with one attached hydrogen (secondary N) is 1. The van der Waals surface area contributed by atoms with Crippen molar-refractivity contribution in [2.24, 2.45) is 0 Å². The quantitative estimate of drug-likeness (QED) is 0.604. The van der Waals surface area contributed by atoms with Crippen LogP contribution in [-0.2, 0) is 30.8 Å². The number of aromatic nitrogens is 2. The summed E-state index contributed by atoms with van der Waals surface area (Å²) in [6.07, 6.45) is 0.734. The van der Waals surface area contributed by atoms with E-state index in [2.05, 4.69) is 27.3 Å². The van der Waals surface area contributed by atoms with Crippen molar-refractivity contribution < 1.29 is 9.53 Å². The Kier molecular flexibility index (Phi) is 6.89. The van der Waals surface area contributed by atoms with Crippen LogP contribution in [0.15, 0.2) is 59.4 Å². The molecule has 3 aromatic rings. The van der Waals surface area contributed by atoms with Gasteiger partial charge in [0.25, 0.3) is 5.56 Å². The second kappa shape index (κ2) is 10.0. The first-order valence-corrected chi connectivity index (χ1v) is 11.2. The molecular formula is C26H30N4O3. The molecule has 1 aliphatic rings. The maximum Gasteiger partial charge on any atom is 0.258 e. The van der Waals surface area contributed by atoms with Gasteiger partial charge in [-0.05, 0) is 37.1 Å². The standard InChI is InChI=1S/C26H30N4O3/c1-18(21-10-7-11-22(14-21)33-3)27-25(31)17-30-19(2)28-24-12-13-29(16-23(24)26(30)32)15-20-8-5-4-6-9-20/h4-11,14,18H,12-13,15-17H2,1-3H3,(H,27,31)/t18-/m1/s1. The lowest BCUT2D eigenvalue weighted by molar-refractivity contribution is -0.122. The van der Waals surface area contributed by atoms with Crippen LogP contribution in [0, 0.1) is 6.92 Å². The van der Waals surface area contributed by atoms with Crippen molar-refractivity contribution in [1.29, 1.82) is 0 Å². The molecule has 0 bridgehead atoms. The molecule has 1 N–H and O–H groups in total. The van der Waals surface area contributed by atoms with Gasteiger partial charge >= 0.3 is 0 Å². The zero-order chi connectivity index (χ0) is 23.4. The lowest BCUT2D eigenvalue weighted by Gasteiger charge is -2.28. The van der Waals surface area contributed by atoms with Crippen LogP contribution < -0.4 is 15.6 Å². The second-order valence-electron chi connectivity index (χ2n) is 8.49. The van der Waals surface area contributed by atoms with Crippen molar-refractivity contribution >= 4 is 5.91 Å². The Morgan fingerprint density at radius 3 is 2.73 bits per heavy atom. The fourth-order valence-corrected chi connectivity index (χ4v) is 4.28. The van der Waals surface area contributed by atoms with Crippen molar-refractivity contribution in [3.63, 3.8) is 0 Å². The predicted molar refractivity (Wildman–Crippen MR) is 127 cm³/mol. The Bertz CT molecular complexity index is 1190. The van der Waals surface area contributed by atoms with E-state index in [4.69, 9.17) is 4.74 Å². The highest BCUT2D eigenvalue weighted by molar-refractivity contribution is 5.76. The second-order valence-corrected chi connectivity index (χ2v) is 8.49. The Labute approximate surface area is 194 Å². The maximum absolute atomic E-state index is 13.3. The molecule has 0 spiro atoms. The molecule has 0 fully saturated rings. The number of ether oxygens (including phenoxy) is 1. The van der Waals surface area contributed by atoms with Crippen molar-refractivity contribution in [2.75, 3.05) is 13.7 Å². The Balaban J connectivity index is 1.48. The van der Waals surface area contributed by atoms with Gasteiger partial charge in [-0.3, -0.25) is 19.1 Å². The molecule has 0 aliphatic carbocycles. The molecule has 0 saturated carbocycles. The van der Waals surface area contributed by atoms with E-state index in [9.17, 15) is 9.59 Å². The molecule has 33 heavy (non-hydrogen) atoms. The summed E-state index contributed by atoms with van der Waals surface area (Å²) in [6.45, 7) is 5.82. The van der Waals surface area contributed by atoms with Crippen LogP contribution in [0.4, 0.5) is 0 Å². The fraction of sp³-hybridized carbons (Fsp3) is 0.346. The van der Waals surface area contributed by atoms with Crippen LogP contribution in [0.25, 0.3) is 0 Å². The fourth-order valence-electron chi connectivity index (χ4n) is 4.28. The van der Waals surface area contributed by atoms with Crippen LogP contribution in [0.3, 0.4) is 0 Å². The molecule has 172 valence electrons. The van der Waals surface area contributed by atoms with Crippen LogP contribution in [0.2, 0.25) is 0 Å². The van der Waals surface area contributed by atoms with E-state index in [0.717, 1.165) is 36.5 Å². The highest BCUT2D eigenvalue weighted by Gasteiger charge is 2.23. The average Bonchev–Trinajstić information content (AvgIpc) is 2.83. The number of methoxy groups -OCH3 is 1. The summed E-state index contributed by atoms with van der Waals surface area (Å²) in [7, 11) is 1.61. The number of hydrogen-bond acceptors (Lipinski definition) is 5.